The van der Waals surface area contributed by atoms with Crippen LogP contribution in [0.3, 0.4) is 0 Å². The maximum atomic E-state index is 13.7. The second kappa shape index (κ2) is 5.97. The standard InChI is InChI=1S/C13H17ClFNO3S/c1-2-16(7-9-3-4-9)20(18,19)11-5-10(8-17)13(14)12(15)6-11/h5-6,9,17H,2-4,7-8H2,1H3. The van der Waals surface area contributed by atoms with Crippen LogP contribution in [-0.2, 0) is 16.6 Å². The molecular formula is C13H17ClFNO3S. The van der Waals surface area contributed by atoms with Crippen LogP contribution in [0.4, 0.5) is 4.39 Å². The van der Waals surface area contributed by atoms with E-state index >= 15 is 0 Å². The number of sulfonamides is 1. The molecule has 0 amide bonds. The fraction of sp³-hybridized carbons (Fsp3) is 0.538. The van der Waals surface area contributed by atoms with Gasteiger partial charge in [0, 0.05) is 18.7 Å². The highest BCUT2D eigenvalue weighted by atomic mass is 35.5. The van der Waals surface area contributed by atoms with Crippen LogP contribution in [0.15, 0.2) is 17.0 Å². The third-order valence-corrected chi connectivity index (χ3v) is 5.74. The first-order valence-electron chi connectivity index (χ1n) is 6.49. The smallest absolute Gasteiger partial charge is 0.243 e. The maximum absolute atomic E-state index is 13.7. The topological polar surface area (TPSA) is 57.6 Å². The lowest BCUT2D eigenvalue weighted by Gasteiger charge is -2.21. The molecule has 1 aromatic rings. The number of aliphatic hydroxyl groups is 1. The zero-order valence-electron chi connectivity index (χ0n) is 11.1. The SMILES string of the molecule is CCN(CC1CC1)S(=O)(=O)c1cc(F)c(Cl)c(CO)c1. The van der Waals surface area contributed by atoms with Crippen molar-refractivity contribution >= 4 is 21.6 Å². The van der Waals surface area contributed by atoms with Crippen LogP contribution in [0.25, 0.3) is 0 Å². The summed E-state index contributed by atoms with van der Waals surface area (Å²) in [5.74, 6) is -0.432. The Kier molecular flexibility index (Phi) is 4.69. The third kappa shape index (κ3) is 3.14. The van der Waals surface area contributed by atoms with E-state index < -0.39 is 22.4 Å². The van der Waals surface area contributed by atoms with Gasteiger partial charge in [-0.05, 0) is 30.9 Å². The molecule has 1 aromatic carbocycles. The molecule has 1 aliphatic carbocycles. The van der Waals surface area contributed by atoms with Gasteiger partial charge < -0.3 is 5.11 Å². The summed E-state index contributed by atoms with van der Waals surface area (Å²) in [6, 6.07) is 2.14. The van der Waals surface area contributed by atoms with Crippen molar-refractivity contribution in [1.29, 1.82) is 0 Å². The molecule has 0 heterocycles. The minimum Gasteiger partial charge on any atom is -0.392 e. The maximum Gasteiger partial charge on any atom is 0.243 e. The number of benzene rings is 1. The number of halogens is 2. The van der Waals surface area contributed by atoms with Crippen LogP contribution in [0, 0.1) is 11.7 Å². The van der Waals surface area contributed by atoms with Crippen molar-refractivity contribution in [3.8, 4) is 0 Å². The second-order valence-corrected chi connectivity index (χ2v) is 7.25. The first kappa shape index (κ1) is 15.7. The monoisotopic (exact) mass is 321 g/mol. The van der Waals surface area contributed by atoms with Gasteiger partial charge in [-0.15, -0.1) is 0 Å². The molecule has 0 bridgehead atoms. The molecule has 1 N–H and O–H groups in total. The highest BCUT2D eigenvalue weighted by Crippen LogP contribution is 2.32. The Labute approximate surface area is 123 Å². The molecule has 1 aliphatic rings. The van der Waals surface area contributed by atoms with Gasteiger partial charge >= 0.3 is 0 Å². The molecule has 1 fully saturated rings. The molecule has 2 rings (SSSR count). The molecular weight excluding hydrogens is 305 g/mol. The fourth-order valence-corrected chi connectivity index (χ4v) is 3.77. The molecule has 112 valence electrons. The Hall–Kier alpha value is -0.690. The van der Waals surface area contributed by atoms with E-state index in [1.165, 1.54) is 10.4 Å². The first-order chi connectivity index (χ1) is 9.40. The summed E-state index contributed by atoms with van der Waals surface area (Å²) in [6.07, 6.45) is 2.06. The predicted molar refractivity (Wildman–Crippen MR) is 74.5 cm³/mol. The molecule has 7 heteroatoms. The zero-order chi connectivity index (χ0) is 14.9. The quantitative estimate of drug-likeness (QED) is 0.875. The van der Waals surface area contributed by atoms with Crippen LogP contribution >= 0.6 is 11.6 Å². The van der Waals surface area contributed by atoms with Crippen LogP contribution in [0.1, 0.15) is 25.3 Å². The van der Waals surface area contributed by atoms with E-state index in [1.54, 1.807) is 6.92 Å². The van der Waals surface area contributed by atoms with Gasteiger partial charge in [-0.1, -0.05) is 18.5 Å². The summed E-state index contributed by atoms with van der Waals surface area (Å²) in [5.41, 5.74) is 0.0766. The summed E-state index contributed by atoms with van der Waals surface area (Å²) in [5, 5.41) is 8.89. The van der Waals surface area contributed by atoms with Gasteiger partial charge in [0.2, 0.25) is 10.0 Å². The van der Waals surface area contributed by atoms with E-state index in [2.05, 4.69) is 0 Å². The van der Waals surface area contributed by atoms with Crippen molar-refractivity contribution in [3.63, 3.8) is 0 Å². The summed E-state index contributed by atoms with van der Waals surface area (Å²) < 4.78 is 40.0. The lowest BCUT2D eigenvalue weighted by Crippen LogP contribution is -2.33. The van der Waals surface area contributed by atoms with Crippen molar-refractivity contribution in [2.45, 2.75) is 31.3 Å². The summed E-state index contributed by atoms with van der Waals surface area (Å²) in [4.78, 5) is -0.161. The minimum atomic E-state index is -3.75. The third-order valence-electron chi connectivity index (χ3n) is 3.40. The number of rotatable bonds is 6. The van der Waals surface area contributed by atoms with Crippen molar-refractivity contribution in [2.75, 3.05) is 13.1 Å². The van der Waals surface area contributed by atoms with Gasteiger partial charge in [0.1, 0.15) is 5.82 Å². The highest BCUT2D eigenvalue weighted by Gasteiger charge is 2.31. The Morgan fingerprint density at radius 1 is 1.45 bits per heavy atom. The van der Waals surface area contributed by atoms with Gasteiger partial charge in [0.25, 0.3) is 0 Å². The molecule has 0 saturated heterocycles. The Morgan fingerprint density at radius 3 is 2.60 bits per heavy atom. The second-order valence-electron chi connectivity index (χ2n) is 4.94. The van der Waals surface area contributed by atoms with E-state index in [0.29, 0.717) is 19.0 Å². The number of hydrogen-bond donors (Lipinski definition) is 1. The van der Waals surface area contributed by atoms with Crippen molar-refractivity contribution in [1.82, 2.24) is 4.31 Å². The largest absolute Gasteiger partial charge is 0.392 e. The molecule has 0 aliphatic heterocycles. The average Bonchev–Trinajstić information content (AvgIpc) is 3.22. The molecule has 4 nitrogen and oxygen atoms in total. The molecule has 20 heavy (non-hydrogen) atoms. The summed E-state index contributed by atoms with van der Waals surface area (Å²) in [6.45, 7) is 2.03. The Balaban J connectivity index is 2.39. The van der Waals surface area contributed by atoms with E-state index in [4.69, 9.17) is 16.7 Å². The summed E-state index contributed by atoms with van der Waals surface area (Å²) in [7, 11) is -3.75. The van der Waals surface area contributed by atoms with Gasteiger partial charge in [0.05, 0.1) is 16.5 Å². The molecule has 1 saturated carbocycles. The molecule has 0 unspecified atom stereocenters. The minimum absolute atomic E-state index is 0.0766. The van der Waals surface area contributed by atoms with Gasteiger partial charge in [-0.25, -0.2) is 12.8 Å². The Bertz CT molecular complexity index is 602. The molecule has 0 radical (unpaired) electrons. The zero-order valence-corrected chi connectivity index (χ0v) is 12.7. The number of hydrogen-bond acceptors (Lipinski definition) is 3. The lowest BCUT2D eigenvalue weighted by atomic mass is 10.2. The number of aliphatic hydroxyl groups excluding tert-OH is 1. The summed E-state index contributed by atoms with van der Waals surface area (Å²) >= 11 is 5.68. The molecule has 0 atom stereocenters. The number of nitrogens with zero attached hydrogens (tertiary/aromatic N) is 1. The molecule has 0 spiro atoms. The highest BCUT2D eigenvalue weighted by molar-refractivity contribution is 7.89. The van der Waals surface area contributed by atoms with Crippen LogP contribution < -0.4 is 0 Å². The lowest BCUT2D eigenvalue weighted by molar-refractivity contribution is 0.281. The Morgan fingerprint density at radius 2 is 2.10 bits per heavy atom. The van der Waals surface area contributed by atoms with E-state index in [9.17, 15) is 12.8 Å². The van der Waals surface area contributed by atoms with Crippen molar-refractivity contribution < 1.29 is 17.9 Å². The van der Waals surface area contributed by atoms with E-state index in [1.807, 2.05) is 0 Å². The van der Waals surface area contributed by atoms with E-state index in [0.717, 1.165) is 18.9 Å². The van der Waals surface area contributed by atoms with Crippen LogP contribution in [-0.4, -0.2) is 30.9 Å². The van der Waals surface area contributed by atoms with Gasteiger partial charge in [-0.3, -0.25) is 0 Å². The van der Waals surface area contributed by atoms with Gasteiger partial charge in [-0.2, -0.15) is 4.31 Å². The van der Waals surface area contributed by atoms with Crippen LogP contribution in [0.5, 0.6) is 0 Å². The first-order valence-corrected chi connectivity index (χ1v) is 8.30. The predicted octanol–water partition coefficient (Wildman–Crippen LogP) is 2.39. The normalized spacial score (nSPS) is 15.8. The average molecular weight is 322 g/mol. The van der Waals surface area contributed by atoms with Gasteiger partial charge in [0.15, 0.2) is 0 Å². The van der Waals surface area contributed by atoms with Crippen molar-refractivity contribution in [3.05, 3.63) is 28.5 Å². The molecule has 0 aromatic heterocycles. The fourth-order valence-electron chi connectivity index (χ4n) is 2.02. The van der Waals surface area contributed by atoms with Crippen LogP contribution in [0.2, 0.25) is 5.02 Å². The van der Waals surface area contributed by atoms with E-state index in [-0.39, 0.29) is 15.5 Å². The van der Waals surface area contributed by atoms with Crippen molar-refractivity contribution in [2.24, 2.45) is 5.92 Å².